The monoisotopic (exact) mass is 155 g/mol. The topological polar surface area (TPSA) is 49.8 Å². The Morgan fingerprint density at radius 1 is 1.73 bits per heavy atom. The highest BCUT2D eigenvalue weighted by molar-refractivity contribution is 5.04. The third kappa shape index (κ3) is 1.94. The van der Waals surface area contributed by atoms with Crippen LogP contribution in [0.5, 0.6) is 0 Å². The van der Waals surface area contributed by atoms with Gasteiger partial charge in [0, 0.05) is 18.8 Å². The fourth-order valence-electron chi connectivity index (χ4n) is 0.994. The first-order chi connectivity index (χ1) is 5.24. The van der Waals surface area contributed by atoms with Gasteiger partial charge < -0.3 is 5.32 Å². The number of nitrogens with one attached hydrogen (secondary N) is 2. The van der Waals surface area contributed by atoms with Crippen LogP contribution in [0.4, 0.5) is 0 Å². The van der Waals surface area contributed by atoms with Gasteiger partial charge >= 0.3 is 0 Å². The number of H-pyrrole nitrogens is 1. The fraction of sp³-hybridized carbons (Fsp3) is 0.571. The molecule has 0 unspecified atom stereocenters. The molecule has 0 aliphatic rings. The molecule has 0 aliphatic carbocycles. The van der Waals surface area contributed by atoms with Gasteiger partial charge in [-0.25, -0.2) is 0 Å². The highest BCUT2D eigenvalue weighted by atomic mass is 16.1. The largest absolute Gasteiger partial charge is 0.319 e. The molecule has 4 heteroatoms. The third-order valence-corrected chi connectivity index (χ3v) is 1.56. The molecular formula is C7H13N3O. The lowest BCUT2D eigenvalue weighted by molar-refractivity contribution is 0.755. The van der Waals surface area contributed by atoms with Crippen molar-refractivity contribution in [3.05, 3.63) is 22.1 Å². The van der Waals surface area contributed by atoms with Crippen LogP contribution in [0.3, 0.4) is 0 Å². The molecule has 2 N–H and O–H groups in total. The van der Waals surface area contributed by atoms with Crippen LogP contribution >= 0.6 is 0 Å². The minimum atomic E-state index is 0.0164. The van der Waals surface area contributed by atoms with Crippen LogP contribution in [0.2, 0.25) is 0 Å². The second-order valence-electron chi connectivity index (χ2n) is 2.56. The van der Waals surface area contributed by atoms with Gasteiger partial charge in [-0.2, -0.15) is 0 Å². The maximum atomic E-state index is 11.0. The number of nitrogens with zero attached hydrogens (tertiary/aromatic N) is 1. The zero-order chi connectivity index (χ0) is 8.27. The second-order valence-corrected chi connectivity index (χ2v) is 2.56. The van der Waals surface area contributed by atoms with E-state index >= 15 is 0 Å². The lowest BCUT2D eigenvalue weighted by Crippen LogP contribution is -2.15. The Bertz CT molecular complexity index is 273. The van der Waals surface area contributed by atoms with E-state index in [9.17, 15) is 4.79 Å². The minimum Gasteiger partial charge on any atom is -0.319 e. The zero-order valence-corrected chi connectivity index (χ0v) is 6.85. The van der Waals surface area contributed by atoms with Crippen molar-refractivity contribution in [2.45, 2.75) is 6.42 Å². The van der Waals surface area contributed by atoms with E-state index in [0.717, 1.165) is 18.5 Å². The Labute approximate surface area is 65.2 Å². The Morgan fingerprint density at radius 3 is 2.91 bits per heavy atom. The molecule has 62 valence electrons. The van der Waals surface area contributed by atoms with Crippen molar-refractivity contribution < 1.29 is 0 Å². The summed E-state index contributed by atoms with van der Waals surface area (Å²) >= 11 is 0. The third-order valence-electron chi connectivity index (χ3n) is 1.56. The number of hydrogen-bond donors (Lipinski definition) is 2. The van der Waals surface area contributed by atoms with Gasteiger partial charge in [0.05, 0.1) is 0 Å². The molecule has 0 spiro atoms. The van der Waals surface area contributed by atoms with E-state index in [1.54, 1.807) is 4.68 Å². The summed E-state index contributed by atoms with van der Waals surface area (Å²) in [4.78, 5) is 11.0. The number of likely N-dealkylation sites (N-methyl/N-ethyl adjacent to an activating group) is 1. The van der Waals surface area contributed by atoms with Crippen LogP contribution in [0.15, 0.2) is 11.0 Å². The number of rotatable bonds is 3. The molecule has 1 aromatic heterocycles. The van der Waals surface area contributed by atoms with Gasteiger partial charge in [-0.1, -0.05) is 0 Å². The molecule has 1 aromatic rings. The molecular weight excluding hydrogens is 142 g/mol. The molecule has 0 aliphatic heterocycles. The number of aromatic nitrogens is 2. The van der Waals surface area contributed by atoms with Crippen LogP contribution in [-0.4, -0.2) is 23.4 Å². The van der Waals surface area contributed by atoms with Gasteiger partial charge in [0.1, 0.15) is 0 Å². The van der Waals surface area contributed by atoms with Gasteiger partial charge in [-0.05, 0) is 20.0 Å². The maximum Gasteiger partial charge on any atom is 0.267 e. The Hall–Kier alpha value is -1.03. The molecule has 0 amide bonds. The average Bonchev–Trinajstić information content (AvgIpc) is 2.26. The molecule has 0 atom stereocenters. The fourth-order valence-corrected chi connectivity index (χ4v) is 0.994. The highest BCUT2D eigenvalue weighted by Crippen LogP contribution is 1.88. The summed E-state index contributed by atoms with van der Waals surface area (Å²) in [7, 11) is 3.68. The van der Waals surface area contributed by atoms with E-state index in [0.29, 0.717) is 0 Å². The molecule has 0 bridgehead atoms. The summed E-state index contributed by atoms with van der Waals surface area (Å²) in [6, 6.07) is 0. The molecule has 0 saturated heterocycles. The maximum absolute atomic E-state index is 11.0. The van der Waals surface area contributed by atoms with E-state index in [-0.39, 0.29) is 5.56 Å². The van der Waals surface area contributed by atoms with E-state index in [1.165, 1.54) is 0 Å². The first-order valence-corrected chi connectivity index (χ1v) is 3.63. The lowest BCUT2D eigenvalue weighted by atomic mass is 10.2. The van der Waals surface area contributed by atoms with E-state index in [1.807, 2.05) is 20.3 Å². The standard InChI is InChI=1S/C7H13N3O/c1-8-4-3-6-5-10(2)9-7(6)11/h5,8H,3-4H2,1-2H3,(H,9,11). The molecule has 4 nitrogen and oxygen atoms in total. The van der Waals surface area contributed by atoms with Gasteiger partial charge in [0.2, 0.25) is 0 Å². The molecule has 1 rings (SSSR count). The van der Waals surface area contributed by atoms with Crippen molar-refractivity contribution >= 4 is 0 Å². The predicted molar refractivity (Wildman–Crippen MR) is 43.7 cm³/mol. The number of hydrogen-bond acceptors (Lipinski definition) is 2. The van der Waals surface area contributed by atoms with Gasteiger partial charge in [-0.15, -0.1) is 0 Å². The van der Waals surface area contributed by atoms with E-state index in [2.05, 4.69) is 10.4 Å². The van der Waals surface area contributed by atoms with Crippen LogP contribution in [-0.2, 0) is 13.5 Å². The summed E-state index contributed by atoms with van der Waals surface area (Å²) in [5.74, 6) is 0. The molecule has 0 saturated carbocycles. The molecule has 0 fully saturated rings. The van der Waals surface area contributed by atoms with Gasteiger partial charge in [0.25, 0.3) is 5.56 Å². The first kappa shape index (κ1) is 8.07. The summed E-state index contributed by atoms with van der Waals surface area (Å²) in [5, 5.41) is 5.64. The quantitative estimate of drug-likeness (QED) is 0.617. The second kappa shape index (κ2) is 3.39. The molecule has 0 radical (unpaired) electrons. The van der Waals surface area contributed by atoms with Crippen molar-refractivity contribution in [2.75, 3.05) is 13.6 Å². The van der Waals surface area contributed by atoms with Crippen LogP contribution < -0.4 is 10.9 Å². The highest BCUT2D eigenvalue weighted by Gasteiger charge is 1.99. The van der Waals surface area contributed by atoms with Crippen molar-refractivity contribution in [3.8, 4) is 0 Å². The Morgan fingerprint density at radius 2 is 2.45 bits per heavy atom. The van der Waals surface area contributed by atoms with E-state index < -0.39 is 0 Å². The predicted octanol–water partition coefficient (Wildman–Crippen LogP) is -0.525. The smallest absolute Gasteiger partial charge is 0.267 e. The van der Waals surface area contributed by atoms with Crippen molar-refractivity contribution in [2.24, 2.45) is 7.05 Å². The normalized spacial score (nSPS) is 10.4. The zero-order valence-electron chi connectivity index (χ0n) is 6.85. The van der Waals surface area contributed by atoms with Crippen LogP contribution in [0.1, 0.15) is 5.56 Å². The van der Waals surface area contributed by atoms with Crippen molar-refractivity contribution in [3.63, 3.8) is 0 Å². The van der Waals surface area contributed by atoms with Crippen LogP contribution in [0, 0.1) is 0 Å². The summed E-state index contributed by atoms with van der Waals surface area (Å²) in [6.07, 6.45) is 2.60. The number of aromatic amines is 1. The number of aryl methyl sites for hydroxylation is 1. The summed E-state index contributed by atoms with van der Waals surface area (Å²) < 4.78 is 1.67. The molecule has 11 heavy (non-hydrogen) atoms. The van der Waals surface area contributed by atoms with Crippen molar-refractivity contribution in [1.82, 2.24) is 15.1 Å². The average molecular weight is 155 g/mol. The SMILES string of the molecule is CNCCc1cn(C)[nH]c1=O. The molecule has 0 aromatic carbocycles. The molecule has 1 heterocycles. The first-order valence-electron chi connectivity index (χ1n) is 3.63. The van der Waals surface area contributed by atoms with Gasteiger partial charge in [-0.3, -0.25) is 14.6 Å². The van der Waals surface area contributed by atoms with E-state index in [4.69, 9.17) is 0 Å². The van der Waals surface area contributed by atoms with Gasteiger partial charge in [0.15, 0.2) is 0 Å². The Kier molecular flexibility index (Phi) is 2.48. The van der Waals surface area contributed by atoms with Crippen molar-refractivity contribution in [1.29, 1.82) is 0 Å². The summed E-state index contributed by atoms with van der Waals surface area (Å²) in [5.41, 5.74) is 0.851. The summed E-state index contributed by atoms with van der Waals surface area (Å²) in [6.45, 7) is 0.840. The minimum absolute atomic E-state index is 0.0164. The van der Waals surface area contributed by atoms with Crippen LogP contribution in [0.25, 0.3) is 0 Å². The Balaban J connectivity index is 2.70. The lowest BCUT2D eigenvalue weighted by Gasteiger charge is -1.92.